The second kappa shape index (κ2) is 10.4. The van der Waals surface area contributed by atoms with Gasteiger partial charge < -0.3 is 15.5 Å². The van der Waals surface area contributed by atoms with Gasteiger partial charge in [-0.2, -0.15) is 0 Å². The molecule has 26 heavy (non-hydrogen) atoms. The number of nitrogens with one attached hydrogen (secondary N) is 2. The minimum atomic E-state index is -1.18. The Hall–Kier alpha value is -1.83. The molecule has 0 saturated carbocycles. The van der Waals surface area contributed by atoms with Crippen LogP contribution in [0.3, 0.4) is 0 Å². The highest BCUT2D eigenvalue weighted by molar-refractivity contribution is 6.42. The summed E-state index contributed by atoms with van der Waals surface area (Å²) in [6.45, 7) is 3.76. The van der Waals surface area contributed by atoms with Crippen molar-refractivity contribution in [3.8, 4) is 0 Å². The first-order chi connectivity index (χ1) is 12.1. The summed E-state index contributed by atoms with van der Waals surface area (Å²) in [7, 11) is 0. The van der Waals surface area contributed by atoms with Gasteiger partial charge in [-0.1, -0.05) is 37.0 Å². The van der Waals surface area contributed by atoms with Crippen molar-refractivity contribution < 1.29 is 24.6 Å². The third-order valence-corrected chi connectivity index (χ3v) is 4.35. The van der Waals surface area contributed by atoms with Crippen LogP contribution in [0.4, 0.5) is 0 Å². The Morgan fingerprint density at radius 1 is 1.04 bits per heavy atom. The maximum absolute atomic E-state index is 12.1. The Bertz CT molecular complexity index is 667. The quantitative estimate of drug-likeness (QED) is 0.476. The first-order valence-electron chi connectivity index (χ1n) is 8.06. The number of carbonyl (C=O) groups is 3. The van der Waals surface area contributed by atoms with Crippen LogP contribution >= 0.6 is 23.2 Å². The average Bonchev–Trinajstić information content (AvgIpc) is 2.54. The number of carbonyl (C=O) groups excluding carboxylic acids is 1. The fraction of sp³-hybridized carbons (Fsp3) is 0.471. The van der Waals surface area contributed by atoms with E-state index in [2.05, 4.69) is 10.6 Å². The summed E-state index contributed by atoms with van der Waals surface area (Å²) in [5.74, 6) is -2.62. The van der Waals surface area contributed by atoms with Crippen molar-refractivity contribution in [1.82, 2.24) is 10.6 Å². The zero-order valence-electron chi connectivity index (χ0n) is 14.5. The largest absolute Gasteiger partial charge is 0.480 e. The molecule has 0 aliphatic heterocycles. The lowest BCUT2D eigenvalue weighted by molar-refractivity contribution is -0.143. The van der Waals surface area contributed by atoms with Gasteiger partial charge in [-0.25, -0.2) is 0 Å². The first kappa shape index (κ1) is 22.2. The van der Waals surface area contributed by atoms with Gasteiger partial charge in [0.25, 0.3) is 5.91 Å². The molecule has 0 aliphatic carbocycles. The van der Waals surface area contributed by atoms with E-state index in [0.717, 1.165) is 0 Å². The van der Waals surface area contributed by atoms with Crippen LogP contribution < -0.4 is 10.6 Å². The molecule has 144 valence electrons. The summed E-state index contributed by atoms with van der Waals surface area (Å²) in [6.07, 6.45) is 0.332. The van der Waals surface area contributed by atoms with Gasteiger partial charge >= 0.3 is 11.9 Å². The molecular formula is C17H22Cl2N2O5. The van der Waals surface area contributed by atoms with E-state index in [1.807, 2.05) is 13.8 Å². The molecule has 0 fully saturated rings. The Balaban J connectivity index is 2.62. The topological polar surface area (TPSA) is 116 Å². The number of halogens is 2. The van der Waals surface area contributed by atoms with Crippen LogP contribution in [0.1, 0.15) is 37.0 Å². The fourth-order valence-corrected chi connectivity index (χ4v) is 2.60. The van der Waals surface area contributed by atoms with E-state index in [0.29, 0.717) is 17.0 Å². The number of carboxylic acids is 2. The Kier molecular flexibility index (Phi) is 8.84. The molecule has 0 aromatic heterocycles. The molecule has 1 rings (SSSR count). The molecule has 4 N–H and O–H groups in total. The molecule has 1 amide bonds. The van der Waals surface area contributed by atoms with Crippen molar-refractivity contribution >= 4 is 41.0 Å². The van der Waals surface area contributed by atoms with Crippen molar-refractivity contribution in [2.45, 2.75) is 38.8 Å². The molecule has 0 heterocycles. The van der Waals surface area contributed by atoms with Crippen molar-refractivity contribution in [2.24, 2.45) is 5.92 Å². The van der Waals surface area contributed by atoms with E-state index in [1.165, 1.54) is 18.2 Å². The number of carboxylic acid groups (broad SMARTS) is 2. The van der Waals surface area contributed by atoms with Gasteiger partial charge in [0.2, 0.25) is 0 Å². The van der Waals surface area contributed by atoms with Crippen LogP contribution in [0, 0.1) is 5.92 Å². The maximum Gasteiger partial charge on any atom is 0.320 e. The highest BCUT2D eigenvalue weighted by Gasteiger charge is 2.26. The molecule has 1 aromatic carbocycles. The van der Waals surface area contributed by atoms with Crippen molar-refractivity contribution in [3.63, 3.8) is 0 Å². The van der Waals surface area contributed by atoms with Crippen LogP contribution in [0.25, 0.3) is 0 Å². The third-order valence-electron chi connectivity index (χ3n) is 3.61. The smallest absolute Gasteiger partial charge is 0.320 e. The van der Waals surface area contributed by atoms with E-state index in [1.54, 1.807) is 0 Å². The predicted molar refractivity (Wildman–Crippen MR) is 98.9 cm³/mol. The maximum atomic E-state index is 12.1. The molecule has 9 heteroatoms. The Labute approximate surface area is 161 Å². The number of hydrogen-bond donors (Lipinski definition) is 4. The molecule has 1 unspecified atom stereocenters. The minimum Gasteiger partial charge on any atom is -0.480 e. The van der Waals surface area contributed by atoms with Crippen LogP contribution in [0.2, 0.25) is 10.0 Å². The highest BCUT2D eigenvalue weighted by atomic mass is 35.5. The van der Waals surface area contributed by atoms with Gasteiger partial charge in [-0.05, 0) is 37.0 Å². The van der Waals surface area contributed by atoms with Crippen molar-refractivity contribution in [1.29, 1.82) is 0 Å². The third kappa shape index (κ3) is 7.19. The van der Waals surface area contributed by atoms with Crippen LogP contribution in [-0.4, -0.2) is 46.7 Å². The SMILES string of the molecule is CC(C)C[C@H](NC(CCNC(=O)c1ccc(Cl)c(Cl)c1)C(=O)O)C(=O)O. The predicted octanol–water partition coefficient (Wildman–Crippen LogP) is 2.66. The van der Waals surface area contributed by atoms with Crippen molar-refractivity contribution in [2.75, 3.05) is 6.54 Å². The number of amides is 1. The normalized spacial score (nSPS) is 13.3. The second-order valence-corrected chi connectivity index (χ2v) is 7.07. The van der Waals surface area contributed by atoms with Gasteiger partial charge in [0.15, 0.2) is 0 Å². The molecule has 1 aromatic rings. The van der Waals surface area contributed by atoms with Gasteiger partial charge in [-0.15, -0.1) is 0 Å². The lowest BCUT2D eigenvalue weighted by Crippen LogP contribution is -2.49. The molecule has 0 bridgehead atoms. The molecule has 7 nitrogen and oxygen atoms in total. The van der Waals surface area contributed by atoms with Gasteiger partial charge in [-0.3, -0.25) is 19.7 Å². The van der Waals surface area contributed by atoms with Gasteiger partial charge in [0, 0.05) is 12.1 Å². The molecule has 0 radical (unpaired) electrons. The number of aliphatic carboxylic acids is 2. The standard InChI is InChI=1S/C17H22Cl2N2O5/c1-9(2)7-14(17(25)26)21-13(16(23)24)5-6-20-15(22)10-3-4-11(18)12(19)8-10/h3-4,8-9,13-14,21H,5-7H2,1-2H3,(H,20,22)(H,23,24)(H,25,26)/t13?,14-/m0/s1. The fourth-order valence-electron chi connectivity index (χ4n) is 2.30. The summed E-state index contributed by atoms with van der Waals surface area (Å²) in [6, 6.07) is 2.34. The van der Waals surface area contributed by atoms with Gasteiger partial charge in [0.05, 0.1) is 10.0 Å². The Morgan fingerprint density at radius 2 is 1.65 bits per heavy atom. The summed E-state index contributed by atoms with van der Waals surface area (Å²) < 4.78 is 0. The number of rotatable bonds is 10. The average molecular weight is 405 g/mol. The van der Waals surface area contributed by atoms with E-state index in [9.17, 15) is 24.6 Å². The van der Waals surface area contributed by atoms with E-state index in [4.69, 9.17) is 23.2 Å². The molecule has 0 saturated heterocycles. The lowest BCUT2D eigenvalue weighted by Gasteiger charge is -2.21. The summed E-state index contributed by atoms with van der Waals surface area (Å²) in [5.41, 5.74) is 0.294. The molecule has 0 spiro atoms. The van der Waals surface area contributed by atoms with E-state index in [-0.39, 0.29) is 23.9 Å². The van der Waals surface area contributed by atoms with E-state index < -0.39 is 29.9 Å². The zero-order chi connectivity index (χ0) is 19.9. The lowest BCUT2D eigenvalue weighted by atomic mass is 10.0. The monoisotopic (exact) mass is 404 g/mol. The Morgan fingerprint density at radius 3 is 2.15 bits per heavy atom. The van der Waals surface area contributed by atoms with Gasteiger partial charge in [0.1, 0.15) is 12.1 Å². The first-order valence-corrected chi connectivity index (χ1v) is 8.82. The molecular weight excluding hydrogens is 383 g/mol. The minimum absolute atomic E-state index is 0.0320. The molecule has 0 aliphatic rings. The molecule has 2 atom stereocenters. The van der Waals surface area contributed by atoms with Crippen molar-refractivity contribution in [3.05, 3.63) is 33.8 Å². The van der Waals surface area contributed by atoms with Crippen LogP contribution in [0.15, 0.2) is 18.2 Å². The van der Waals surface area contributed by atoms with Crippen LogP contribution in [-0.2, 0) is 9.59 Å². The number of benzene rings is 1. The van der Waals surface area contributed by atoms with E-state index >= 15 is 0 Å². The number of hydrogen-bond acceptors (Lipinski definition) is 4. The van der Waals surface area contributed by atoms with Crippen LogP contribution in [0.5, 0.6) is 0 Å². The summed E-state index contributed by atoms with van der Waals surface area (Å²) >= 11 is 11.6. The zero-order valence-corrected chi connectivity index (χ0v) is 16.0. The second-order valence-electron chi connectivity index (χ2n) is 6.25. The summed E-state index contributed by atoms with van der Waals surface area (Å²) in [5, 5.41) is 24.3. The highest BCUT2D eigenvalue weighted by Crippen LogP contribution is 2.22. The summed E-state index contributed by atoms with van der Waals surface area (Å²) in [4.78, 5) is 34.7.